The summed E-state index contributed by atoms with van der Waals surface area (Å²) in [6, 6.07) is -0.901. The minimum atomic E-state index is -1.61. The zero-order valence-electron chi connectivity index (χ0n) is 30.6. The number of amides is 8. The normalized spacial score (nSPS) is 22.2. The Labute approximate surface area is 322 Å². The molecule has 0 saturated carbocycles. The molecule has 20 nitrogen and oxygen atoms in total. The molecule has 0 bridgehead atoms. The average Bonchev–Trinajstić information content (AvgIpc) is 3.16. The van der Waals surface area contributed by atoms with E-state index >= 15 is 0 Å². The van der Waals surface area contributed by atoms with Crippen molar-refractivity contribution in [2.45, 2.75) is 87.2 Å². The van der Waals surface area contributed by atoms with Crippen LogP contribution in [0.5, 0.6) is 0 Å². The molecule has 0 aromatic heterocycles. The highest BCUT2D eigenvalue weighted by Crippen LogP contribution is 2.09. The number of aliphatic hydroxyl groups excluding tert-OH is 3. The summed E-state index contributed by atoms with van der Waals surface area (Å²) in [5.41, 5.74) is 11.5. The molecule has 0 spiro atoms. The molecule has 1 saturated heterocycles. The maximum Gasteiger partial charge on any atom is 0.245 e. The third kappa shape index (κ3) is 16.2. The molecule has 1 aliphatic rings. The highest BCUT2D eigenvalue weighted by atomic mass is 32.2. The highest BCUT2D eigenvalue weighted by Gasteiger charge is 2.33. The molecule has 14 N–H and O–H groups in total. The molecule has 1 aromatic carbocycles. The van der Waals surface area contributed by atoms with Crippen molar-refractivity contribution in [3.05, 3.63) is 35.9 Å². The average molecular weight is 796 g/mol. The van der Waals surface area contributed by atoms with Crippen molar-refractivity contribution in [2.24, 2.45) is 11.5 Å². The van der Waals surface area contributed by atoms with Gasteiger partial charge in [-0.25, -0.2) is 0 Å². The van der Waals surface area contributed by atoms with E-state index in [4.69, 9.17) is 11.5 Å². The first-order valence-electron chi connectivity index (χ1n) is 17.7. The second-order valence-electron chi connectivity index (χ2n) is 12.8. The molecule has 0 aliphatic carbocycles. The Morgan fingerprint density at radius 2 is 1.45 bits per heavy atom. The summed E-state index contributed by atoms with van der Waals surface area (Å²) in [6.07, 6.45) is 1.96. The Kier molecular flexibility index (Phi) is 20.7. The number of hydrogen-bond donors (Lipinski definition) is 12. The van der Waals surface area contributed by atoms with Gasteiger partial charge in [-0.3, -0.25) is 43.7 Å². The van der Waals surface area contributed by atoms with E-state index in [2.05, 4.69) is 37.2 Å². The number of benzene rings is 1. The predicted molar refractivity (Wildman–Crippen MR) is 199 cm³/mol. The zero-order chi connectivity index (χ0) is 40.9. The van der Waals surface area contributed by atoms with Crippen molar-refractivity contribution in [2.75, 3.05) is 38.4 Å². The van der Waals surface area contributed by atoms with Crippen LogP contribution in [0.1, 0.15) is 44.1 Å². The second kappa shape index (κ2) is 24.6. The minimum absolute atomic E-state index is 0.0380. The van der Waals surface area contributed by atoms with E-state index in [1.165, 1.54) is 11.8 Å². The lowest BCUT2D eigenvalue weighted by atomic mass is 10.0. The van der Waals surface area contributed by atoms with E-state index < -0.39 is 109 Å². The Balaban J connectivity index is 2.30. The number of carbonyl (C=O) groups is 8. The molecule has 55 heavy (non-hydrogen) atoms. The number of aliphatic hydroxyl groups is 3. The molecule has 0 radical (unpaired) electrons. The first-order valence-corrected chi connectivity index (χ1v) is 19.1. The summed E-state index contributed by atoms with van der Waals surface area (Å²) in [7, 11) is 0. The molecule has 2 unspecified atom stereocenters. The summed E-state index contributed by atoms with van der Waals surface area (Å²) >= 11 is 1.35. The van der Waals surface area contributed by atoms with Crippen molar-refractivity contribution in [3.63, 3.8) is 0 Å². The van der Waals surface area contributed by atoms with Crippen molar-refractivity contribution < 1.29 is 53.7 Å². The van der Waals surface area contributed by atoms with E-state index in [1.54, 1.807) is 36.6 Å². The second-order valence-corrected chi connectivity index (χ2v) is 13.8. The van der Waals surface area contributed by atoms with E-state index in [0.717, 1.165) is 0 Å². The molecule has 2 rings (SSSR count). The fourth-order valence-electron chi connectivity index (χ4n) is 5.42. The molecule has 1 aliphatic heterocycles. The monoisotopic (exact) mass is 795 g/mol. The maximum absolute atomic E-state index is 13.5. The van der Waals surface area contributed by atoms with Gasteiger partial charge in [-0.15, -0.1) is 0 Å². The van der Waals surface area contributed by atoms with E-state index in [1.807, 2.05) is 0 Å². The first-order chi connectivity index (χ1) is 26.2. The Morgan fingerprint density at radius 3 is 2.05 bits per heavy atom. The largest absolute Gasteiger partial charge is 0.394 e. The number of nitrogens with one attached hydrogen (secondary N) is 7. The lowest BCUT2D eigenvalue weighted by molar-refractivity contribution is -0.136. The fourth-order valence-corrected chi connectivity index (χ4v) is 5.89. The standard InChI is InChI=1S/C34H53N9O11S/c1-55-14-12-22-32(52)43-25(17-45)33(53)39-20(9-5-6-13-37-27(47)11-10-21(31(51)40-22)38-24(16-44)29(36)49)30(50)42-26(18-46)34(54)41-23(28(35)48)15-19-7-3-2-4-8-19/h2-4,7-8,20-26,38,44-46H,5-6,9-18H2,1H3,(H2,35,48)(H2,36,49)(H,37,47)(H,39,53)(H,40,51)(H,41,54)(H,42,50)(H,43,52)/t20?,21?,22-,23-,24-,25-,26-/m0/s1. The molecule has 8 amide bonds. The van der Waals surface area contributed by atoms with E-state index in [-0.39, 0.29) is 45.1 Å². The number of thioether (sulfide) groups is 1. The zero-order valence-corrected chi connectivity index (χ0v) is 31.4. The quantitative estimate of drug-likeness (QED) is 0.0745. The highest BCUT2D eigenvalue weighted by molar-refractivity contribution is 7.98. The molecule has 306 valence electrons. The Morgan fingerprint density at radius 1 is 0.818 bits per heavy atom. The predicted octanol–water partition coefficient (Wildman–Crippen LogP) is -5.24. The Bertz CT molecular complexity index is 1470. The first kappa shape index (κ1) is 46.3. The minimum Gasteiger partial charge on any atom is -0.394 e. The molecule has 1 aromatic rings. The lowest BCUT2D eigenvalue weighted by Crippen LogP contribution is -2.61. The number of hydrogen-bond acceptors (Lipinski definition) is 13. The summed E-state index contributed by atoms with van der Waals surface area (Å²) < 4.78 is 0. The van der Waals surface area contributed by atoms with Crippen LogP contribution < -0.4 is 48.7 Å². The van der Waals surface area contributed by atoms with Crippen LogP contribution in [0.25, 0.3) is 0 Å². The van der Waals surface area contributed by atoms with Crippen LogP contribution in [-0.4, -0.2) is 143 Å². The van der Waals surface area contributed by atoms with Crippen LogP contribution >= 0.6 is 11.8 Å². The van der Waals surface area contributed by atoms with Crippen LogP contribution in [-0.2, 0) is 44.8 Å². The van der Waals surface area contributed by atoms with Crippen LogP contribution in [0.2, 0.25) is 0 Å². The van der Waals surface area contributed by atoms with Crippen LogP contribution in [0.3, 0.4) is 0 Å². The van der Waals surface area contributed by atoms with Crippen LogP contribution in [0.4, 0.5) is 0 Å². The molecule has 1 heterocycles. The van der Waals surface area contributed by atoms with Gasteiger partial charge in [-0.05, 0) is 49.7 Å². The third-order valence-corrected chi connectivity index (χ3v) is 9.24. The SMILES string of the molecule is CSCC[C@@H]1NC(=O)C(N[C@@H](CO)C(N)=O)CCC(=O)NCCCCC(C(=O)N[C@@H](CO)C(=O)N[C@@H](Cc2ccccc2)C(N)=O)NC(=O)[C@H](CO)NC1=O. The molecular formula is C34H53N9O11S. The lowest BCUT2D eigenvalue weighted by Gasteiger charge is -2.27. The fraction of sp³-hybridized carbons (Fsp3) is 0.588. The topological polar surface area (TPSA) is 333 Å². The van der Waals surface area contributed by atoms with Gasteiger partial charge in [0.1, 0.15) is 36.3 Å². The van der Waals surface area contributed by atoms with Crippen molar-refractivity contribution >= 4 is 59.0 Å². The molecule has 7 atom stereocenters. The summed E-state index contributed by atoms with van der Waals surface area (Å²) in [5.74, 6) is -6.43. The molecule has 1 fully saturated rings. The number of primary amides is 2. The van der Waals surface area contributed by atoms with Crippen LogP contribution in [0, 0.1) is 0 Å². The van der Waals surface area contributed by atoms with E-state index in [0.29, 0.717) is 17.7 Å². The van der Waals surface area contributed by atoms with Crippen LogP contribution in [0.15, 0.2) is 30.3 Å². The van der Waals surface area contributed by atoms with Crippen molar-refractivity contribution in [3.8, 4) is 0 Å². The number of nitrogens with two attached hydrogens (primary N) is 2. The van der Waals surface area contributed by atoms with Gasteiger partial charge in [0.2, 0.25) is 47.3 Å². The number of carbonyl (C=O) groups excluding carboxylic acids is 8. The van der Waals surface area contributed by atoms with Gasteiger partial charge < -0.3 is 58.7 Å². The van der Waals surface area contributed by atoms with Crippen molar-refractivity contribution in [1.29, 1.82) is 0 Å². The van der Waals surface area contributed by atoms with Gasteiger partial charge in [-0.2, -0.15) is 11.8 Å². The summed E-state index contributed by atoms with van der Waals surface area (Å²) in [4.78, 5) is 103. The Hall–Kier alpha value is -4.83. The van der Waals surface area contributed by atoms with Gasteiger partial charge in [0.25, 0.3) is 0 Å². The van der Waals surface area contributed by atoms with Gasteiger partial charge >= 0.3 is 0 Å². The molecule has 21 heteroatoms. The van der Waals surface area contributed by atoms with Gasteiger partial charge in [0.05, 0.1) is 25.9 Å². The van der Waals surface area contributed by atoms with Gasteiger partial charge in [0, 0.05) is 19.4 Å². The summed E-state index contributed by atoms with van der Waals surface area (Å²) in [5, 5.41) is 47.1. The summed E-state index contributed by atoms with van der Waals surface area (Å²) in [6.45, 7) is -2.43. The van der Waals surface area contributed by atoms with Crippen molar-refractivity contribution in [1.82, 2.24) is 37.2 Å². The maximum atomic E-state index is 13.5. The molecular weight excluding hydrogens is 742 g/mol. The third-order valence-electron chi connectivity index (χ3n) is 8.60. The van der Waals surface area contributed by atoms with Gasteiger partial charge in [-0.1, -0.05) is 30.3 Å². The number of rotatable bonds is 16. The smallest absolute Gasteiger partial charge is 0.245 e. The van der Waals surface area contributed by atoms with E-state index in [9.17, 15) is 53.7 Å². The van der Waals surface area contributed by atoms with Gasteiger partial charge in [0.15, 0.2) is 0 Å².